The molecule has 0 aliphatic carbocycles. The van der Waals surface area contributed by atoms with Crippen LogP contribution in [0.3, 0.4) is 0 Å². The average Bonchev–Trinajstić information content (AvgIpc) is 2.36. The van der Waals surface area contributed by atoms with Gasteiger partial charge in [-0.05, 0) is 6.92 Å². The summed E-state index contributed by atoms with van der Waals surface area (Å²) in [7, 11) is 3.03. The predicted molar refractivity (Wildman–Crippen MR) is 64.3 cm³/mol. The van der Waals surface area contributed by atoms with Crippen molar-refractivity contribution in [2.24, 2.45) is 5.92 Å². The van der Waals surface area contributed by atoms with Crippen LogP contribution < -0.4 is 0 Å². The van der Waals surface area contributed by atoms with Gasteiger partial charge in [0.15, 0.2) is 0 Å². The van der Waals surface area contributed by atoms with Crippen LogP contribution in [0.4, 0.5) is 0 Å². The van der Waals surface area contributed by atoms with Gasteiger partial charge in [0.05, 0.1) is 25.7 Å². The number of methoxy groups -OCH3 is 2. The van der Waals surface area contributed by atoms with Crippen LogP contribution in [-0.4, -0.2) is 50.8 Å². The molecule has 5 nitrogen and oxygen atoms in total. The number of carbonyl (C=O) groups is 1. The maximum Gasteiger partial charge on any atom is 0.309 e. The van der Waals surface area contributed by atoms with Crippen molar-refractivity contribution in [1.82, 2.24) is 4.90 Å². The molecular formula is C12H22N2O3. The Balaban J connectivity index is 4.43. The van der Waals surface area contributed by atoms with Crippen molar-refractivity contribution in [2.45, 2.75) is 26.3 Å². The molecule has 2 atom stereocenters. The summed E-state index contributed by atoms with van der Waals surface area (Å²) in [6, 6.07) is 2.15. The summed E-state index contributed by atoms with van der Waals surface area (Å²) < 4.78 is 9.76. The maximum absolute atomic E-state index is 11.5. The van der Waals surface area contributed by atoms with E-state index in [-0.39, 0.29) is 17.9 Å². The second kappa shape index (κ2) is 8.97. The predicted octanol–water partition coefficient (Wildman–Crippen LogP) is 1.05. The highest BCUT2D eigenvalue weighted by molar-refractivity contribution is 5.72. The Morgan fingerprint density at radius 3 is 2.47 bits per heavy atom. The van der Waals surface area contributed by atoms with E-state index in [2.05, 4.69) is 11.0 Å². The van der Waals surface area contributed by atoms with Crippen LogP contribution in [-0.2, 0) is 14.3 Å². The van der Waals surface area contributed by atoms with Gasteiger partial charge >= 0.3 is 5.97 Å². The van der Waals surface area contributed by atoms with Crippen molar-refractivity contribution in [1.29, 1.82) is 5.26 Å². The molecule has 0 fully saturated rings. The number of esters is 1. The zero-order chi connectivity index (χ0) is 13.3. The zero-order valence-electron chi connectivity index (χ0n) is 11.1. The van der Waals surface area contributed by atoms with Crippen molar-refractivity contribution < 1.29 is 14.3 Å². The average molecular weight is 242 g/mol. The highest BCUT2D eigenvalue weighted by Crippen LogP contribution is 2.12. The number of nitriles is 1. The molecule has 0 N–H and O–H groups in total. The molecule has 0 spiro atoms. The lowest BCUT2D eigenvalue weighted by atomic mass is 10.0. The molecule has 0 rings (SSSR count). The van der Waals surface area contributed by atoms with Gasteiger partial charge in [-0.2, -0.15) is 5.26 Å². The van der Waals surface area contributed by atoms with Gasteiger partial charge in [-0.1, -0.05) is 6.92 Å². The van der Waals surface area contributed by atoms with Crippen molar-refractivity contribution >= 4 is 5.97 Å². The summed E-state index contributed by atoms with van der Waals surface area (Å²) >= 11 is 0. The van der Waals surface area contributed by atoms with E-state index >= 15 is 0 Å². The van der Waals surface area contributed by atoms with E-state index in [1.165, 1.54) is 7.11 Å². The smallest absolute Gasteiger partial charge is 0.309 e. The minimum absolute atomic E-state index is 0.0333. The quantitative estimate of drug-likeness (QED) is 0.595. The van der Waals surface area contributed by atoms with E-state index in [1.54, 1.807) is 7.11 Å². The molecule has 0 aromatic carbocycles. The summed E-state index contributed by atoms with van der Waals surface area (Å²) in [4.78, 5) is 13.5. The Bertz CT molecular complexity index is 263. The van der Waals surface area contributed by atoms with E-state index in [9.17, 15) is 4.79 Å². The lowest BCUT2D eigenvalue weighted by Gasteiger charge is -2.31. The van der Waals surface area contributed by atoms with Gasteiger partial charge in [0.25, 0.3) is 0 Å². The highest BCUT2D eigenvalue weighted by Gasteiger charge is 2.25. The molecule has 0 aliphatic rings. The molecule has 2 unspecified atom stereocenters. The second-order valence-corrected chi connectivity index (χ2v) is 3.99. The molecule has 0 heterocycles. The van der Waals surface area contributed by atoms with E-state index in [0.29, 0.717) is 26.1 Å². The Morgan fingerprint density at radius 1 is 1.35 bits per heavy atom. The fourth-order valence-corrected chi connectivity index (χ4v) is 1.62. The minimum Gasteiger partial charge on any atom is -0.469 e. The number of rotatable bonds is 8. The summed E-state index contributed by atoms with van der Waals surface area (Å²) in [5, 5.41) is 8.62. The fourth-order valence-electron chi connectivity index (χ4n) is 1.62. The molecule has 0 radical (unpaired) electrons. The molecule has 17 heavy (non-hydrogen) atoms. The van der Waals surface area contributed by atoms with Crippen LogP contribution in [0, 0.1) is 17.2 Å². The lowest BCUT2D eigenvalue weighted by Crippen LogP contribution is -2.43. The summed E-state index contributed by atoms with van der Waals surface area (Å²) in [5.41, 5.74) is 0. The van der Waals surface area contributed by atoms with Crippen molar-refractivity contribution in [2.75, 3.05) is 33.9 Å². The summed E-state index contributed by atoms with van der Waals surface area (Å²) in [5.74, 6) is -0.438. The molecule has 0 aliphatic heterocycles. The van der Waals surface area contributed by atoms with Gasteiger partial charge < -0.3 is 9.47 Å². The molecule has 5 heteroatoms. The van der Waals surface area contributed by atoms with Gasteiger partial charge in [0, 0.05) is 32.7 Å². The normalized spacial score (nSPS) is 14.1. The standard InChI is InChI=1S/C12H22N2O3/c1-10(12(15)17-4)11(2)14(7-5-6-13)8-9-16-3/h10-11H,5,7-9H2,1-4H3. The number of hydrogen-bond acceptors (Lipinski definition) is 5. The third-order valence-corrected chi connectivity index (χ3v) is 2.97. The van der Waals surface area contributed by atoms with Crippen LogP contribution in [0.2, 0.25) is 0 Å². The highest BCUT2D eigenvalue weighted by atomic mass is 16.5. The first kappa shape index (κ1) is 15.9. The minimum atomic E-state index is -0.225. The number of ether oxygens (including phenoxy) is 2. The molecule has 0 aromatic rings. The maximum atomic E-state index is 11.5. The Kier molecular flexibility index (Phi) is 8.38. The fraction of sp³-hybridized carbons (Fsp3) is 0.833. The molecule has 0 saturated carbocycles. The van der Waals surface area contributed by atoms with E-state index < -0.39 is 0 Å². The second-order valence-electron chi connectivity index (χ2n) is 3.99. The molecule has 0 amide bonds. The monoisotopic (exact) mass is 242 g/mol. The van der Waals surface area contributed by atoms with E-state index in [0.717, 1.165) is 0 Å². The Morgan fingerprint density at radius 2 is 2.00 bits per heavy atom. The van der Waals surface area contributed by atoms with Crippen molar-refractivity contribution in [3.8, 4) is 6.07 Å². The Labute approximate surface area is 103 Å². The van der Waals surface area contributed by atoms with E-state index in [4.69, 9.17) is 14.7 Å². The topological polar surface area (TPSA) is 62.6 Å². The first-order valence-corrected chi connectivity index (χ1v) is 5.76. The zero-order valence-corrected chi connectivity index (χ0v) is 11.1. The number of nitrogens with zero attached hydrogens (tertiary/aromatic N) is 2. The first-order valence-electron chi connectivity index (χ1n) is 5.76. The van der Waals surface area contributed by atoms with Crippen LogP contribution >= 0.6 is 0 Å². The molecule has 98 valence electrons. The molecule has 0 saturated heterocycles. The van der Waals surface area contributed by atoms with Crippen LogP contribution in [0.25, 0.3) is 0 Å². The van der Waals surface area contributed by atoms with Gasteiger partial charge in [-0.25, -0.2) is 0 Å². The SMILES string of the molecule is COCCN(CCC#N)C(C)C(C)C(=O)OC. The van der Waals surface area contributed by atoms with Crippen LogP contribution in [0.1, 0.15) is 20.3 Å². The van der Waals surface area contributed by atoms with E-state index in [1.807, 2.05) is 13.8 Å². The van der Waals surface area contributed by atoms with Crippen molar-refractivity contribution in [3.05, 3.63) is 0 Å². The summed E-state index contributed by atoms with van der Waals surface area (Å²) in [6.45, 7) is 5.74. The van der Waals surface area contributed by atoms with Crippen molar-refractivity contribution in [3.63, 3.8) is 0 Å². The third kappa shape index (κ3) is 5.66. The van der Waals surface area contributed by atoms with Crippen LogP contribution in [0.5, 0.6) is 0 Å². The molecular weight excluding hydrogens is 220 g/mol. The lowest BCUT2D eigenvalue weighted by molar-refractivity contribution is -0.147. The largest absolute Gasteiger partial charge is 0.469 e. The number of hydrogen-bond donors (Lipinski definition) is 0. The third-order valence-electron chi connectivity index (χ3n) is 2.97. The molecule has 0 aromatic heterocycles. The van der Waals surface area contributed by atoms with Gasteiger partial charge in [0.2, 0.25) is 0 Å². The summed E-state index contributed by atoms with van der Waals surface area (Å²) in [6.07, 6.45) is 0.446. The number of carbonyl (C=O) groups excluding carboxylic acids is 1. The van der Waals surface area contributed by atoms with Crippen LogP contribution in [0.15, 0.2) is 0 Å². The Hall–Kier alpha value is -1.12. The first-order chi connectivity index (χ1) is 8.08. The van der Waals surface area contributed by atoms with Gasteiger partial charge in [-0.15, -0.1) is 0 Å². The van der Waals surface area contributed by atoms with Gasteiger partial charge in [-0.3, -0.25) is 9.69 Å². The van der Waals surface area contributed by atoms with Gasteiger partial charge in [0.1, 0.15) is 0 Å². The molecule has 0 bridgehead atoms.